The number of piperazine rings is 1. The van der Waals surface area contributed by atoms with Gasteiger partial charge in [0.15, 0.2) is 0 Å². The van der Waals surface area contributed by atoms with Crippen molar-refractivity contribution in [1.82, 2.24) is 10.2 Å². The maximum Gasteiger partial charge on any atom is 0.0502 e. The molecule has 0 radical (unpaired) electrons. The molecule has 3 heteroatoms. The van der Waals surface area contributed by atoms with Crippen molar-refractivity contribution in [3.05, 3.63) is 35.4 Å². The van der Waals surface area contributed by atoms with Crippen LogP contribution in [0.1, 0.15) is 11.1 Å². The highest BCUT2D eigenvalue weighted by molar-refractivity contribution is 5.23. The molecule has 1 heterocycles. The van der Waals surface area contributed by atoms with Crippen LogP contribution in [0.15, 0.2) is 24.3 Å². The predicted molar refractivity (Wildman–Crippen MR) is 70.2 cm³/mol. The van der Waals surface area contributed by atoms with E-state index in [2.05, 4.69) is 34.5 Å². The van der Waals surface area contributed by atoms with E-state index in [0.717, 1.165) is 45.8 Å². The molecule has 0 aromatic heterocycles. The zero-order valence-corrected chi connectivity index (χ0v) is 10.6. The summed E-state index contributed by atoms with van der Waals surface area (Å²) < 4.78 is 5.12. The fourth-order valence-corrected chi connectivity index (χ4v) is 2.23. The van der Waals surface area contributed by atoms with Crippen molar-refractivity contribution in [3.63, 3.8) is 0 Å². The molecular formula is C14H22N2O. The van der Waals surface area contributed by atoms with Crippen LogP contribution in [-0.2, 0) is 17.7 Å². The van der Waals surface area contributed by atoms with Crippen LogP contribution in [-0.4, -0.2) is 44.8 Å². The Morgan fingerprint density at radius 1 is 1.24 bits per heavy atom. The van der Waals surface area contributed by atoms with Crippen LogP contribution in [0.3, 0.4) is 0 Å². The summed E-state index contributed by atoms with van der Waals surface area (Å²) in [5.74, 6) is 0. The van der Waals surface area contributed by atoms with Gasteiger partial charge in [0, 0.05) is 39.8 Å². The van der Waals surface area contributed by atoms with E-state index in [-0.39, 0.29) is 0 Å². The van der Waals surface area contributed by atoms with Gasteiger partial charge in [0.05, 0.1) is 6.61 Å². The van der Waals surface area contributed by atoms with Crippen molar-refractivity contribution in [2.45, 2.75) is 13.0 Å². The first-order valence-electron chi connectivity index (χ1n) is 6.38. The number of hydrogen-bond acceptors (Lipinski definition) is 3. The van der Waals surface area contributed by atoms with Gasteiger partial charge >= 0.3 is 0 Å². The van der Waals surface area contributed by atoms with Crippen LogP contribution in [0.5, 0.6) is 0 Å². The standard InChI is InChI=1S/C14H22N2O/c1-17-10-5-13-3-2-4-14(11-13)12-16-8-6-15-7-9-16/h2-4,11,15H,5-10,12H2,1H3. The summed E-state index contributed by atoms with van der Waals surface area (Å²) in [6.45, 7) is 6.41. The fraction of sp³-hybridized carbons (Fsp3) is 0.571. The summed E-state index contributed by atoms with van der Waals surface area (Å²) in [6.07, 6.45) is 1.01. The van der Waals surface area contributed by atoms with Gasteiger partial charge in [-0.25, -0.2) is 0 Å². The van der Waals surface area contributed by atoms with Crippen LogP contribution in [0, 0.1) is 0 Å². The minimum atomic E-state index is 0.803. The Kier molecular flexibility index (Phi) is 4.98. The highest BCUT2D eigenvalue weighted by Crippen LogP contribution is 2.09. The van der Waals surface area contributed by atoms with E-state index in [1.54, 1.807) is 7.11 Å². The molecule has 0 unspecified atom stereocenters. The lowest BCUT2D eigenvalue weighted by molar-refractivity contribution is 0.202. The largest absolute Gasteiger partial charge is 0.384 e. The predicted octanol–water partition coefficient (Wildman–Crippen LogP) is 1.28. The van der Waals surface area contributed by atoms with E-state index in [4.69, 9.17) is 4.74 Å². The van der Waals surface area contributed by atoms with Gasteiger partial charge in [0.25, 0.3) is 0 Å². The Morgan fingerprint density at radius 3 is 2.76 bits per heavy atom. The van der Waals surface area contributed by atoms with Gasteiger partial charge in [0.2, 0.25) is 0 Å². The molecule has 2 rings (SSSR count). The zero-order chi connectivity index (χ0) is 11.9. The number of hydrogen-bond donors (Lipinski definition) is 1. The quantitative estimate of drug-likeness (QED) is 0.830. The monoisotopic (exact) mass is 234 g/mol. The number of benzene rings is 1. The molecule has 1 aromatic rings. The molecule has 94 valence electrons. The Bertz CT molecular complexity index is 335. The maximum atomic E-state index is 5.12. The first kappa shape index (κ1) is 12.6. The lowest BCUT2D eigenvalue weighted by Gasteiger charge is -2.27. The summed E-state index contributed by atoms with van der Waals surface area (Å²) >= 11 is 0. The Balaban J connectivity index is 1.90. The summed E-state index contributed by atoms with van der Waals surface area (Å²) in [4.78, 5) is 2.51. The summed E-state index contributed by atoms with van der Waals surface area (Å²) in [6, 6.07) is 8.86. The summed E-state index contributed by atoms with van der Waals surface area (Å²) in [5.41, 5.74) is 2.79. The van der Waals surface area contributed by atoms with Crippen molar-refractivity contribution in [2.75, 3.05) is 39.9 Å². The average molecular weight is 234 g/mol. The lowest BCUT2D eigenvalue weighted by Crippen LogP contribution is -2.42. The van der Waals surface area contributed by atoms with E-state index in [9.17, 15) is 0 Å². The van der Waals surface area contributed by atoms with E-state index in [1.807, 2.05) is 0 Å². The smallest absolute Gasteiger partial charge is 0.0502 e. The highest BCUT2D eigenvalue weighted by atomic mass is 16.5. The van der Waals surface area contributed by atoms with Crippen molar-refractivity contribution in [3.8, 4) is 0 Å². The summed E-state index contributed by atoms with van der Waals surface area (Å²) in [7, 11) is 1.75. The third kappa shape index (κ3) is 4.11. The molecule has 0 atom stereocenters. The second-order valence-corrected chi connectivity index (χ2v) is 4.59. The second-order valence-electron chi connectivity index (χ2n) is 4.59. The first-order chi connectivity index (χ1) is 8.38. The van der Waals surface area contributed by atoms with E-state index < -0.39 is 0 Å². The number of nitrogens with zero attached hydrogens (tertiary/aromatic N) is 1. The van der Waals surface area contributed by atoms with Gasteiger partial charge in [-0.1, -0.05) is 24.3 Å². The van der Waals surface area contributed by atoms with Crippen molar-refractivity contribution in [1.29, 1.82) is 0 Å². The topological polar surface area (TPSA) is 24.5 Å². The van der Waals surface area contributed by atoms with Crippen molar-refractivity contribution in [2.24, 2.45) is 0 Å². The molecule has 0 bridgehead atoms. The van der Waals surface area contributed by atoms with Gasteiger partial charge in [-0.2, -0.15) is 0 Å². The third-order valence-electron chi connectivity index (χ3n) is 3.20. The fourth-order valence-electron chi connectivity index (χ4n) is 2.23. The van der Waals surface area contributed by atoms with Crippen LogP contribution in [0.25, 0.3) is 0 Å². The van der Waals surface area contributed by atoms with E-state index >= 15 is 0 Å². The molecule has 1 saturated heterocycles. The molecule has 1 fully saturated rings. The zero-order valence-electron chi connectivity index (χ0n) is 10.6. The molecule has 3 nitrogen and oxygen atoms in total. The van der Waals surface area contributed by atoms with Crippen LogP contribution in [0.2, 0.25) is 0 Å². The lowest BCUT2D eigenvalue weighted by atomic mass is 10.1. The molecule has 0 aliphatic carbocycles. The Hall–Kier alpha value is -0.900. The molecule has 17 heavy (non-hydrogen) atoms. The number of ether oxygens (including phenoxy) is 1. The van der Waals surface area contributed by atoms with Crippen molar-refractivity contribution >= 4 is 0 Å². The minimum absolute atomic E-state index is 0.803. The van der Waals surface area contributed by atoms with Crippen molar-refractivity contribution < 1.29 is 4.74 Å². The van der Waals surface area contributed by atoms with Crippen LogP contribution < -0.4 is 5.32 Å². The maximum absolute atomic E-state index is 5.12. The molecule has 1 N–H and O–H groups in total. The van der Waals surface area contributed by atoms with Crippen LogP contribution in [0.4, 0.5) is 0 Å². The van der Waals surface area contributed by atoms with Gasteiger partial charge in [0.1, 0.15) is 0 Å². The van der Waals surface area contributed by atoms with Gasteiger partial charge < -0.3 is 10.1 Å². The van der Waals surface area contributed by atoms with E-state index in [0.29, 0.717) is 0 Å². The Morgan fingerprint density at radius 2 is 2.00 bits per heavy atom. The Labute approximate surface area is 104 Å². The number of methoxy groups -OCH3 is 1. The van der Waals surface area contributed by atoms with Gasteiger partial charge in [-0.15, -0.1) is 0 Å². The molecule has 0 saturated carbocycles. The first-order valence-corrected chi connectivity index (χ1v) is 6.38. The molecule has 1 aliphatic heterocycles. The average Bonchev–Trinajstić information content (AvgIpc) is 2.38. The van der Waals surface area contributed by atoms with E-state index in [1.165, 1.54) is 11.1 Å². The van der Waals surface area contributed by atoms with Gasteiger partial charge in [-0.05, 0) is 17.5 Å². The molecule has 0 spiro atoms. The number of nitrogens with one attached hydrogen (secondary N) is 1. The SMILES string of the molecule is COCCc1cccc(CN2CCNCC2)c1. The molecule has 0 amide bonds. The number of rotatable bonds is 5. The van der Waals surface area contributed by atoms with Gasteiger partial charge in [-0.3, -0.25) is 4.90 Å². The normalized spacial score (nSPS) is 17.2. The highest BCUT2D eigenvalue weighted by Gasteiger charge is 2.09. The second kappa shape index (κ2) is 6.74. The molecule has 1 aliphatic rings. The summed E-state index contributed by atoms with van der Waals surface area (Å²) in [5, 5.41) is 3.38. The van der Waals surface area contributed by atoms with Crippen LogP contribution >= 0.6 is 0 Å². The molecular weight excluding hydrogens is 212 g/mol. The third-order valence-corrected chi connectivity index (χ3v) is 3.20. The molecule has 1 aromatic carbocycles. The minimum Gasteiger partial charge on any atom is -0.384 e.